The van der Waals surface area contributed by atoms with Crippen molar-refractivity contribution in [3.8, 4) is 5.75 Å². The monoisotopic (exact) mass is 602 g/mol. The highest BCUT2D eigenvalue weighted by atomic mass is 35.5. The largest absolute Gasteiger partial charge is 0.497 e. The number of fused-ring (bicyclic) bond motifs is 6. The first-order valence-electron chi connectivity index (χ1n) is 14.0. The molecule has 6 heterocycles. The quantitative estimate of drug-likeness (QED) is 0.231. The van der Waals surface area contributed by atoms with Gasteiger partial charge >= 0.3 is 0 Å². The van der Waals surface area contributed by atoms with Crippen LogP contribution in [0, 0.1) is 0 Å². The third-order valence-electron chi connectivity index (χ3n) is 7.73. The van der Waals surface area contributed by atoms with Gasteiger partial charge in [-0.3, -0.25) is 0 Å². The average Bonchev–Trinajstić information content (AvgIpc) is 3.72. The van der Waals surface area contributed by atoms with Crippen LogP contribution in [0.15, 0.2) is 45.2 Å². The van der Waals surface area contributed by atoms with E-state index in [1.165, 1.54) is 0 Å². The Bertz CT molecular complexity index is 1970. The van der Waals surface area contributed by atoms with Crippen molar-refractivity contribution in [3.63, 3.8) is 0 Å². The standard InChI is InChI=1S/C15H17N5O2.C14H14ClN5O/c1-21-9-2-3-11-10(6-9)12-13(22-11)14(19-15(17)18-12)20-5-4-8(16)7-20;15-8-1-2-10-9(7-8)11-12(21-10)13(19-14(16)18-11)20-5-3-17-4-6-20/h2-3,6,8H,4-5,7,16H2,1H3,(H2,17,18,19);1-2,7,17H,3-6H2,(H2,16,18,19). The van der Waals surface area contributed by atoms with E-state index in [1.807, 2.05) is 30.3 Å². The van der Waals surface area contributed by atoms with E-state index in [0.29, 0.717) is 33.0 Å². The molecule has 1 atom stereocenters. The number of ether oxygens (including phenoxy) is 1. The SMILES string of the molecule is COc1ccc2oc3c(N4CCC(N)C4)nc(N)nc3c2c1.Nc1nc(N2CCNCC2)c2oc3ccc(Cl)cc3c2n1. The molecule has 0 saturated carbocycles. The van der Waals surface area contributed by atoms with E-state index in [0.717, 1.165) is 79.2 Å². The number of nitrogens with one attached hydrogen (secondary N) is 1. The van der Waals surface area contributed by atoms with Gasteiger partial charge in [0.05, 0.1) is 12.5 Å². The Morgan fingerprint density at radius 1 is 0.837 bits per heavy atom. The van der Waals surface area contributed by atoms with Gasteiger partial charge in [-0.15, -0.1) is 0 Å². The lowest BCUT2D eigenvalue weighted by Gasteiger charge is -2.28. The molecule has 14 heteroatoms. The van der Waals surface area contributed by atoms with Crippen LogP contribution < -0.4 is 37.1 Å². The van der Waals surface area contributed by atoms with Crippen LogP contribution in [0.2, 0.25) is 5.02 Å². The highest BCUT2D eigenvalue weighted by molar-refractivity contribution is 6.31. The fourth-order valence-corrected chi connectivity index (χ4v) is 5.83. The van der Waals surface area contributed by atoms with E-state index in [9.17, 15) is 0 Å². The van der Waals surface area contributed by atoms with Gasteiger partial charge in [0.2, 0.25) is 11.9 Å². The van der Waals surface area contributed by atoms with Crippen LogP contribution in [0.25, 0.3) is 44.1 Å². The van der Waals surface area contributed by atoms with Crippen molar-refractivity contribution in [1.82, 2.24) is 25.3 Å². The summed E-state index contributed by atoms with van der Waals surface area (Å²) >= 11 is 6.07. The number of hydrogen-bond acceptors (Lipinski definition) is 13. The van der Waals surface area contributed by atoms with Crippen LogP contribution >= 0.6 is 11.6 Å². The zero-order chi connectivity index (χ0) is 29.7. The number of furan rings is 2. The molecule has 0 spiro atoms. The Morgan fingerprint density at radius 3 is 2.05 bits per heavy atom. The predicted molar refractivity (Wildman–Crippen MR) is 169 cm³/mol. The molecule has 2 aromatic carbocycles. The molecule has 6 aromatic rings. The first-order chi connectivity index (χ1) is 20.9. The number of anilines is 4. The zero-order valence-electron chi connectivity index (χ0n) is 23.5. The first kappa shape index (κ1) is 27.3. The molecular formula is C29H31ClN10O3. The molecule has 4 aromatic heterocycles. The van der Waals surface area contributed by atoms with Gasteiger partial charge in [-0.1, -0.05) is 11.6 Å². The lowest BCUT2D eigenvalue weighted by molar-refractivity contribution is 0.415. The van der Waals surface area contributed by atoms with E-state index in [2.05, 4.69) is 35.1 Å². The van der Waals surface area contributed by atoms with E-state index in [1.54, 1.807) is 13.2 Å². The molecule has 13 nitrogen and oxygen atoms in total. The van der Waals surface area contributed by atoms with Gasteiger partial charge < -0.3 is 45.9 Å². The summed E-state index contributed by atoms with van der Waals surface area (Å²) in [5, 5.41) is 5.69. The summed E-state index contributed by atoms with van der Waals surface area (Å²) in [7, 11) is 1.63. The molecule has 0 radical (unpaired) electrons. The number of nitrogen functional groups attached to an aromatic ring is 2. The van der Waals surface area contributed by atoms with Gasteiger partial charge in [-0.2, -0.15) is 9.97 Å². The summed E-state index contributed by atoms with van der Waals surface area (Å²) in [4.78, 5) is 21.7. The Balaban J connectivity index is 0.000000140. The van der Waals surface area contributed by atoms with E-state index in [-0.39, 0.29) is 17.9 Å². The molecule has 0 aliphatic carbocycles. The third-order valence-corrected chi connectivity index (χ3v) is 7.97. The summed E-state index contributed by atoms with van der Waals surface area (Å²) in [5.74, 6) is 2.70. The predicted octanol–water partition coefficient (Wildman–Crippen LogP) is 3.53. The minimum Gasteiger partial charge on any atom is -0.497 e. The van der Waals surface area contributed by atoms with Gasteiger partial charge in [0, 0.05) is 55.7 Å². The molecular weight excluding hydrogens is 572 g/mol. The normalized spacial score (nSPS) is 17.2. The molecule has 2 aliphatic heterocycles. The molecule has 2 aliphatic rings. The van der Waals surface area contributed by atoms with Crippen LogP contribution in [-0.4, -0.2) is 72.4 Å². The van der Waals surface area contributed by atoms with Gasteiger partial charge in [0.1, 0.15) is 27.9 Å². The number of rotatable bonds is 3. The minimum atomic E-state index is 0.149. The highest BCUT2D eigenvalue weighted by Crippen LogP contribution is 2.37. The van der Waals surface area contributed by atoms with Gasteiger partial charge in [0.25, 0.3) is 0 Å². The third kappa shape index (κ3) is 5.05. The van der Waals surface area contributed by atoms with Crippen LogP contribution in [-0.2, 0) is 0 Å². The maximum absolute atomic E-state index is 6.07. The smallest absolute Gasteiger partial charge is 0.222 e. The number of methoxy groups -OCH3 is 1. The second-order valence-corrected chi connectivity index (χ2v) is 11.0. The van der Waals surface area contributed by atoms with Crippen molar-refractivity contribution < 1.29 is 13.6 Å². The molecule has 8 rings (SSSR count). The van der Waals surface area contributed by atoms with Crippen molar-refractivity contribution >= 4 is 79.3 Å². The van der Waals surface area contributed by atoms with Crippen molar-refractivity contribution in [1.29, 1.82) is 0 Å². The minimum absolute atomic E-state index is 0.149. The van der Waals surface area contributed by atoms with Crippen molar-refractivity contribution in [2.75, 3.05) is 67.6 Å². The maximum atomic E-state index is 6.07. The topological polar surface area (TPSA) is 184 Å². The number of nitrogens with zero attached hydrogens (tertiary/aromatic N) is 6. The summed E-state index contributed by atoms with van der Waals surface area (Å²) in [6.45, 7) is 5.14. The van der Waals surface area contributed by atoms with Gasteiger partial charge in [-0.05, 0) is 42.8 Å². The van der Waals surface area contributed by atoms with Crippen LogP contribution in [0.3, 0.4) is 0 Å². The number of benzene rings is 2. The van der Waals surface area contributed by atoms with Gasteiger partial charge in [-0.25, -0.2) is 9.97 Å². The Labute approximate surface area is 250 Å². The molecule has 43 heavy (non-hydrogen) atoms. The molecule has 0 bridgehead atoms. The van der Waals surface area contributed by atoms with Gasteiger partial charge in [0.15, 0.2) is 22.8 Å². The number of aromatic nitrogens is 4. The zero-order valence-corrected chi connectivity index (χ0v) is 24.3. The number of halogens is 1. The highest BCUT2D eigenvalue weighted by Gasteiger charge is 2.26. The first-order valence-corrected chi connectivity index (χ1v) is 14.4. The lowest BCUT2D eigenvalue weighted by atomic mass is 10.2. The summed E-state index contributed by atoms with van der Waals surface area (Å²) < 4.78 is 17.2. The molecule has 0 amide bonds. The molecule has 2 fully saturated rings. The molecule has 1 unspecified atom stereocenters. The van der Waals surface area contributed by atoms with E-state index < -0.39 is 0 Å². The Hall–Kier alpha value is -4.59. The second kappa shape index (κ2) is 10.9. The Kier molecular flexibility index (Phi) is 6.92. The van der Waals surface area contributed by atoms with E-state index >= 15 is 0 Å². The number of nitrogens with two attached hydrogens (primary N) is 3. The van der Waals surface area contributed by atoms with Crippen LogP contribution in [0.1, 0.15) is 6.42 Å². The van der Waals surface area contributed by atoms with Crippen molar-refractivity contribution in [2.24, 2.45) is 5.73 Å². The molecule has 7 N–H and O–H groups in total. The van der Waals surface area contributed by atoms with Crippen molar-refractivity contribution in [3.05, 3.63) is 41.4 Å². The second-order valence-electron chi connectivity index (χ2n) is 10.6. The summed E-state index contributed by atoms with van der Waals surface area (Å²) in [5.41, 5.74) is 22.0. The summed E-state index contributed by atoms with van der Waals surface area (Å²) in [6.07, 6.45) is 0.930. The fraction of sp³-hybridized carbons (Fsp3) is 0.310. The lowest BCUT2D eigenvalue weighted by Crippen LogP contribution is -2.44. The Morgan fingerprint density at radius 2 is 1.44 bits per heavy atom. The van der Waals surface area contributed by atoms with E-state index in [4.69, 9.17) is 42.4 Å². The van der Waals surface area contributed by atoms with Crippen molar-refractivity contribution in [2.45, 2.75) is 12.5 Å². The average molecular weight is 603 g/mol. The summed E-state index contributed by atoms with van der Waals surface area (Å²) in [6, 6.07) is 11.3. The number of hydrogen-bond donors (Lipinski definition) is 4. The van der Waals surface area contributed by atoms with Crippen LogP contribution in [0.5, 0.6) is 5.75 Å². The number of piperazine rings is 1. The van der Waals surface area contributed by atoms with Crippen LogP contribution in [0.4, 0.5) is 23.5 Å². The molecule has 2 saturated heterocycles. The fourth-order valence-electron chi connectivity index (χ4n) is 5.66. The molecule has 222 valence electrons. The maximum Gasteiger partial charge on any atom is 0.222 e.